The largest absolute Gasteiger partial charge is 0.508 e. The zero-order valence-electron chi connectivity index (χ0n) is 10.3. The van der Waals surface area contributed by atoms with Gasteiger partial charge in [-0.05, 0) is 30.5 Å². The van der Waals surface area contributed by atoms with Crippen LogP contribution in [0.2, 0.25) is 0 Å². The van der Waals surface area contributed by atoms with Crippen molar-refractivity contribution in [1.82, 2.24) is 4.90 Å². The van der Waals surface area contributed by atoms with Crippen LogP contribution >= 0.6 is 0 Å². The topological polar surface area (TPSA) is 86.8 Å². The van der Waals surface area contributed by atoms with Crippen LogP contribution in [0.3, 0.4) is 0 Å². The van der Waals surface area contributed by atoms with E-state index in [1.165, 1.54) is 18.2 Å². The lowest BCUT2D eigenvalue weighted by Crippen LogP contribution is -2.45. The number of carbonyl (C=O) groups is 1. The zero-order valence-corrected chi connectivity index (χ0v) is 10.3. The molecule has 5 nitrogen and oxygen atoms in total. The van der Waals surface area contributed by atoms with Crippen molar-refractivity contribution < 1.29 is 15.0 Å². The van der Waals surface area contributed by atoms with Crippen LogP contribution in [0.15, 0.2) is 18.2 Å². The number of hydrogen-bond acceptors (Lipinski definition) is 4. The number of piperidine rings is 1. The minimum Gasteiger partial charge on any atom is -0.508 e. The van der Waals surface area contributed by atoms with Crippen LogP contribution in [0.25, 0.3) is 0 Å². The van der Waals surface area contributed by atoms with Gasteiger partial charge < -0.3 is 20.8 Å². The number of amides is 1. The molecule has 1 saturated heterocycles. The number of rotatable bonds is 1. The lowest BCUT2D eigenvalue weighted by Gasteiger charge is -2.34. The number of aliphatic hydroxyl groups excluding tert-OH is 1. The molecule has 0 aliphatic carbocycles. The summed E-state index contributed by atoms with van der Waals surface area (Å²) >= 11 is 0. The van der Waals surface area contributed by atoms with Gasteiger partial charge >= 0.3 is 0 Å². The number of aliphatic hydroxyl groups is 1. The molecule has 2 atom stereocenters. The third-order valence-corrected chi connectivity index (χ3v) is 3.47. The van der Waals surface area contributed by atoms with E-state index in [4.69, 9.17) is 5.73 Å². The highest BCUT2D eigenvalue weighted by molar-refractivity contribution is 5.99. The fraction of sp³-hybridized carbons (Fsp3) is 0.462. The van der Waals surface area contributed by atoms with Gasteiger partial charge in [0, 0.05) is 18.8 Å². The van der Waals surface area contributed by atoms with E-state index in [0.29, 0.717) is 18.8 Å². The fourth-order valence-corrected chi connectivity index (χ4v) is 2.13. The van der Waals surface area contributed by atoms with E-state index in [9.17, 15) is 15.0 Å². The molecule has 0 spiro atoms. The summed E-state index contributed by atoms with van der Waals surface area (Å²) in [7, 11) is 0. The van der Waals surface area contributed by atoms with Crippen molar-refractivity contribution in [1.29, 1.82) is 0 Å². The van der Waals surface area contributed by atoms with Crippen LogP contribution < -0.4 is 5.73 Å². The Morgan fingerprint density at radius 1 is 1.50 bits per heavy atom. The van der Waals surface area contributed by atoms with E-state index in [-0.39, 0.29) is 23.1 Å². The van der Waals surface area contributed by atoms with E-state index in [2.05, 4.69) is 0 Å². The second kappa shape index (κ2) is 4.86. The molecule has 1 fully saturated rings. The third kappa shape index (κ3) is 2.41. The summed E-state index contributed by atoms with van der Waals surface area (Å²) < 4.78 is 0. The van der Waals surface area contributed by atoms with Crippen molar-refractivity contribution in [3.05, 3.63) is 23.8 Å². The number of nitrogen functional groups attached to an aromatic ring is 1. The zero-order chi connectivity index (χ0) is 13.3. The summed E-state index contributed by atoms with van der Waals surface area (Å²) in [4.78, 5) is 13.8. The van der Waals surface area contributed by atoms with E-state index in [0.717, 1.165) is 6.42 Å². The number of likely N-dealkylation sites (tertiary alicyclic amines) is 1. The molecule has 1 aromatic carbocycles. The molecule has 98 valence electrons. The Morgan fingerprint density at radius 3 is 2.89 bits per heavy atom. The second-order valence-corrected chi connectivity index (χ2v) is 4.86. The number of hydrogen-bond donors (Lipinski definition) is 3. The van der Waals surface area contributed by atoms with Crippen LogP contribution in [-0.4, -0.2) is 40.2 Å². The summed E-state index contributed by atoms with van der Waals surface area (Å²) in [5, 5.41) is 19.2. The number of aromatic hydroxyl groups is 1. The van der Waals surface area contributed by atoms with Crippen molar-refractivity contribution in [3.63, 3.8) is 0 Å². The molecule has 0 radical (unpaired) electrons. The minimum atomic E-state index is -0.499. The van der Waals surface area contributed by atoms with Crippen LogP contribution in [0.1, 0.15) is 23.7 Å². The van der Waals surface area contributed by atoms with Gasteiger partial charge in [0.05, 0.1) is 11.7 Å². The third-order valence-electron chi connectivity index (χ3n) is 3.47. The number of benzene rings is 1. The molecule has 0 aromatic heterocycles. The first kappa shape index (κ1) is 12.7. The summed E-state index contributed by atoms with van der Waals surface area (Å²) in [5.41, 5.74) is 6.37. The summed E-state index contributed by atoms with van der Waals surface area (Å²) in [6, 6.07) is 4.31. The molecule has 2 rings (SSSR count). The Balaban J connectivity index is 2.19. The Labute approximate surface area is 106 Å². The lowest BCUT2D eigenvalue weighted by molar-refractivity contribution is 0.0249. The first-order valence-electron chi connectivity index (χ1n) is 6.05. The van der Waals surface area contributed by atoms with Gasteiger partial charge in [-0.3, -0.25) is 4.79 Å². The monoisotopic (exact) mass is 250 g/mol. The number of β-amino-alcohol motifs (C(OH)–C–C–N with tert-alkyl or cyclic N) is 1. The normalized spacial score (nSPS) is 24.0. The summed E-state index contributed by atoms with van der Waals surface area (Å²) in [5.74, 6) is -0.0246. The van der Waals surface area contributed by atoms with Gasteiger partial charge in [0.1, 0.15) is 5.75 Å². The van der Waals surface area contributed by atoms with Crippen LogP contribution in [0.4, 0.5) is 5.69 Å². The van der Waals surface area contributed by atoms with Gasteiger partial charge in [-0.25, -0.2) is 0 Å². The molecular weight excluding hydrogens is 232 g/mol. The average Bonchev–Trinajstić information content (AvgIpc) is 2.35. The number of nitrogens with zero attached hydrogens (tertiary/aromatic N) is 1. The van der Waals surface area contributed by atoms with Crippen molar-refractivity contribution in [2.24, 2.45) is 5.92 Å². The van der Waals surface area contributed by atoms with Crippen molar-refractivity contribution >= 4 is 11.6 Å². The molecule has 5 heteroatoms. The molecule has 2 unspecified atom stereocenters. The highest BCUT2D eigenvalue weighted by Gasteiger charge is 2.28. The molecule has 1 aliphatic heterocycles. The summed E-state index contributed by atoms with van der Waals surface area (Å²) in [6.45, 7) is 2.89. The maximum Gasteiger partial charge on any atom is 0.256 e. The Kier molecular flexibility index (Phi) is 3.43. The number of carbonyl (C=O) groups excluding carboxylic acids is 1. The second-order valence-electron chi connectivity index (χ2n) is 4.86. The van der Waals surface area contributed by atoms with Crippen molar-refractivity contribution in [2.45, 2.75) is 19.4 Å². The van der Waals surface area contributed by atoms with E-state index >= 15 is 0 Å². The average molecular weight is 250 g/mol. The van der Waals surface area contributed by atoms with Gasteiger partial charge in [0.15, 0.2) is 0 Å². The maximum absolute atomic E-state index is 12.2. The first-order valence-corrected chi connectivity index (χ1v) is 6.05. The van der Waals surface area contributed by atoms with Crippen molar-refractivity contribution in [3.8, 4) is 5.75 Å². The number of nitrogens with two attached hydrogens (primary N) is 1. The number of phenolic OH excluding ortho intramolecular Hbond substituents is 1. The van der Waals surface area contributed by atoms with Gasteiger partial charge in [-0.15, -0.1) is 0 Å². The Morgan fingerprint density at radius 2 is 2.22 bits per heavy atom. The molecule has 18 heavy (non-hydrogen) atoms. The number of phenols is 1. The van der Waals surface area contributed by atoms with Gasteiger partial charge in [-0.1, -0.05) is 6.92 Å². The highest BCUT2D eigenvalue weighted by atomic mass is 16.3. The maximum atomic E-state index is 12.2. The number of anilines is 1. The van der Waals surface area contributed by atoms with Gasteiger partial charge in [0.2, 0.25) is 0 Å². The highest BCUT2D eigenvalue weighted by Crippen LogP contribution is 2.23. The lowest BCUT2D eigenvalue weighted by atomic mass is 9.95. The van der Waals surface area contributed by atoms with Gasteiger partial charge in [-0.2, -0.15) is 0 Å². The van der Waals surface area contributed by atoms with E-state index < -0.39 is 6.10 Å². The molecular formula is C13H18N2O3. The molecule has 4 N–H and O–H groups in total. The van der Waals surface area contributed by atoms with Crippen LogP contribution in [0, 0.1) is 5.92 Å². The van der Waals surface area contributed by atoms with Crippen LogP contribution in [0.5, 0.6) is 5.75 Å². The molecule has 1 heterocycles. The molecule has 1 aliphatic rings. The standard InChI is InChI=1S/C13H18N2O3/c1-8-4-5-15(7-12(8)17)13(18)10-6-9(16)2-3-11(10)14/h2-3,6,8,12,16-17H,4-5,7,14H2,1H3. The first-order chi connectivity index (χ1) is 8.49. The van der Waals surface area contributed by atoms with Crippen LogP contribution in [-0.2, 0) is 0 Å². The predicted molar refractivity (Wildman–Crippen MR) is 68.2 cm³/mol. The Bertz CT molecular complexity index is 462. The quantitative estimate of drug-likeness (QED) is 0.508. The van der Waals surface area contributed by atoms with Crippen molar-refractivity contribution in [2.75, 3.05) is 18.8 Å². The smallest absolute Gasteiger partial charge is 0.256 e. The SMILES string of the molecule is CC1CCN(C(=O)c2cc(O)ccc2N)CC1O. The molecule has 0 saturated carbocycles. The minimum absolute atomic E-state index is 0.0125. The van der Waals surface area contributed by atoms with E-state index in [1.54, 1.807) is 4.90 Å². The predicted octanol–water partition coefficient (Wildman–Crippen LogP) is 0.817. The molecule has 0 bridgehead atoms. The van der Waals surface area contributed by atoms with E-state index in [1.807, 2.05) is 6.92 Å². The molecule has 1 amide bonds. The Hall–Kier alpha value is -1.75. The molecule has 1 aromatic rings. The summed E-state index contributed by atoms with van der Waals surface area (Å²) in [6.07, 6.45) is 0.271. The fourth-order valence-electron chi connectivity index (χ4n) is 2.13. The van der Waals surface area contributed by atoms with Gasteiger partial charge in [0.25, 0.3) is 5.91 Å².